The van der Waals surface area contributed by atoms with Gasteiger partial charge in [-0.15, -0.1) is 0 Å². The number of amides is 6. The van der Waals surface area contributed by atoms with E-state index < -0.39 is 35.6 Å². The van der Waals surface area contributed by atoms with Gasteiger partial charge in [-0.05, 0) is 66.9 Å². The number of carbonyl (C=O) groups is 6. The minimum Gasteiger partial charge on any atom is -0.457 e. The molecule has 15 heteroatoms. The van der Waals surface area contributed by atoms with Crippen LogP contribution >= 0.6 is 0 Å². The van der Waals surface area contributed by atoms with Gasteiger partial charge in [0, 0.05) is 67.1 Å². The van der Waals surface area contributed by atoms with Gasteiger partial charge in [0.25, 0.3) is 29.2 Å². The van der Waals surface area contributed by atoms with Crippen molar-refractivity contribution in [2.45, 2.75) is 31.8 Å². The fraction of sp³-hybridized carbons (Fsp3) is 0.178. The lowest BCUT2D eigenvalue weighted by Gasteiger charge is -2.27. The van der Waals surface area contributed by atoms with Crippen molar-refractivity contribution in [1.29, 1.82) is 0 Å². The van der Waals surface area contributed by atoms with Crippen molar-refractivity contribution < 1.29 is 33.5 Å². The van der Waals surface area contributed by atoms with Crippen LogP contribution in [0, 0.1) is 0 Å². The maximum absolute atomic E-state index is 13.4. The van der Waals surface area contributed by atoms with Crippen LogP contribution in [0.25, 0.3) is 22.0 Å². The molecule has 8 rings (SSSR count). The van der Waals surface area contributed by atoms with Gasteiger partial charge in [-0.1, -0.05) is 54.6 Å². The summed E-state index contributed by atoms with van der Waals surface area (Å²) in [6.07, 6.45) is 2.32. The predicted octanol–water partition coefficient (Wildman–Crippen LogP) is 4.89. The number of benzene rings is 4. The molecule has 2 aromatic heterocycles. The second kappa shape index (κ2) is 16.6. The number of hydrogen-bond donors (Lipinski definition) is 5. The van der Waals surface area contributed by atoms with Crippen molar-refractivity contribution >= 4 is 52.0 Å². The van der Waals surface area contributed by atoms with E-state index in [1.807, 2.05) is 54.6 Å². The Bertz CT molecular complexity index is 2760. The number of H-pyrrole nitrogens is 1. The van der Waals surface area contributed by atoms with Crippen LogP contribution in [0.4, 0.5) is 5.69 Å². The highest BCUT2D eigenvalue weighted by Crippen LogP contribution is 2.37. The quantitative estimate of drug-likeness (QED) is 0.0797. The third-order valence-electron chi connectivity index (χ3n) is 10.4. The maximum atomic E-state index is 13.4. The first kappa shape index (κ1) is 39.0. The molecule has 0 spiro atoms. The van der Waals surface area contributed by atoms with Crippen LogP contribution in [-0.2, 0) is 23.2 Å². The zero-order valence-corrected chi connectivity index (χ0v) is 32.4. The number of ether oxygens (including phenoxy) is 1. The predicted molar refractivity (Wildman–Crippen MR) is 222 cm³/mol. The van der Waals surface area contributed by atoms with E-state index in [2.05, 4.69) is 26.3 Å². The number of aromatic nitrogens is 2. The van der Waals surface area contributed by atoms with Crippen LogP contribution in [0.3, 0.4) is 0 Å². The summed E-state index contributed by atoms with van der Waals surface area (Å²) >= 11 is 0. The number of fused-ring (bicyclic) bond motifs is 2. The van der Waals surface area contributed by atoms with Gasteiger partial charge in [0.05, 0.1) is 11.1 Å². The fourth-order valence-corrected chi connectivity index (χ4v) is 7.39. The second-order valence-corrected chi connectivity index (χ2v) is 14.4. The largest absolute Gasteiger partial charge is 0.457 e. The Balaban J connectivity index is 0.845. The Morgan fingerprint density at radius 1 is 0.783 bits per heavy atom. The number of nitrogens with zero attached hydrogens (tertiary/aromatic N) is 2. The van der Waals surface area contributed by atoms with Gasteiger partial charge in [-0.25, -0.2) is 0 Å². The van der Waals surface area contributed by atoms with Crippen molar-refractivity contribution in [1.82, 2.24) is 30.4 Å². The molecule has 1 saturated heterocycles. The molecule has 302 valence electrons. The zero-order valence-electron chi connectivity index (χ0n) is 32.4. The van der Waals surface area contributed by atoms with Crippen molar-refractivity contribution in [3.05, 3.63) is 148 Å². The number of imide groups is 2. The number of hydrogen-bond acceptors (Lipinski definition) is 9. The first-order chi connectivity index (χ1) is 29.1. The van der Waals surface area contributed by atoms with Crippen molar-refractivity contribution in [2.24, 2.45) is 7.05 Å². The van der Waals surface area contributed by atoms with Gasteiger partial charge in [0.2, 0.25) is 11.8 Å². The lowest BCUT2D eigenvalue weighted by Crippen LogP contribution is -2.54. The van der Waals surface area contributed by atoms with E-state index in [-0.39, 0.29) is 53.2 Å². The molecule has 60 heavy (non-hydrogen) atoms. The van der Waals surface area contributed by atoms with Crippen molar-refractivity contribution in [2.75, 3.05) is 18.4 Å². The normalized spacial score (nSPS) is 14.8. The molecule has 15 nitrogen and oxygen atoms in total. The zero-order chi connectivity index (χ0) is 41.9. The summed E-state index contributed by atoms with van der Waals surface area (Å²) in [7, 11) is 1.65. The summed E-state index contributed by atoms with van der Waals surface area (Å²) in [5.74, 6) is -1.75. The summed E-state index contributed by atoms with van der Waals surface area (Å²) in [5, 5.41) is 11.7. The van der Waals surface area contributed by atoms with Crippen LogP contribution in [0.1, 0.15) is 66.4 Å². The molecule has 0 aliphatic carbocycles. The Hall–Kier alpha value is -7.81. The molecule has 0 bridgehead atoms. The van der Waals surface area contributed by atoms with Gasteiger partial charge in [0.1, 0.15) is 28.8 Å². The number of aromatic amines is 1. The van der Waals surface area contributed by atoms with Gasteiger partial charge < -0.3 is 30.2 Å². The Labute approximate surface area is 342 Å². The van der Waals surface area contributed by atoms with E-state index in [9.17, 15) is 33.6 Å². The van der Waals surface area contributed by atoms with E-state index in [0.29, 0.717) is 53.2 Å². The number of rotatable bonds is 13. The van der Waals surface area contributed by atoms with Crippen LogP contribution in [0.5, 0.6) is 11.5 Å². The molecule has 0 radical (unpaired) electrons. The molecule has 1 fully saturated rings. The molecule has 5 N–H and O–H groups in total. The molecule has 1 unspecified atom stereocenters. The minimum absolute atomic E-state index is 0.0337. The molecule has 6 aromatic rings. The Kier molecular flexibility index (Phi) is 10.8. The number of aryl methyl sites for hydroxylation is 1. The fourth-order valence-electron chi connectivity index (χ4n) is 7.39. The van der Waals surface area contributed by atoms with Crippen LogP contribution < -0.4 is 31.6 Å². The Morgan fingerprint density at radius 2 is 1.53 bits per heavy atom. The van der Waals surface area contributed by atoms with Crippen LogP contribution in [0.2, 0.25) is 0 Å². The highest BCUT2D eigenvalue weighted by atomic mass is 16.5. The summed E-state index contributed by atoms with van der Waals surface area (Å²) < 4.78 is 7.66. The molecule has 1 atom stereocenters. The summed E-state index contributed by atoms with van der Waals surface area (Å²) in [6.45, 7) is 0.856. The summed E-state index contributed by atoms with van der Waals surface area (Å²) in [4.78, 5) is 93.8. The second-order valence-electron chi connectivity index (χ2n) is 14.4. The maximum Gasteiger partial charge on any atom is 0.274 e. The molecule has 6 amide bonds. The summed E-state index contributed by atoms with van der Waals surface area (Å²) in [6, 6.07) is 29.1. The number of pyridine rings is 1. The number of para-hydroxylation sites is 2. The van der Waals surface area contributed by atoms with E-state index in [0.717, 1.165) is 16.0 Å². The molecule has 4 heterocycles. The van der Waals surface area contributed by atoms with Crippen molar-refractivity contribution in [3.63, 3.8) is 0 Å². The number of anilines is 1. The average molecular weight is 806 g/mol. The van der Waals surface area contributed by atoms with E-state index in [1.54, 1.807) is 55.7 Å². The molecule has 4 aromatic carbocycles. The van der Waals surface area contributed by atoms with Gasteiger partial charge in [-0.3, -0.25) is 43.8 Å². The van der Waals surface area contributed by atoms with E-state index in [1.165, 1.54) is 10.6 Å². The molecular formula is C45H39N7O8. The lowest BCUT2D eigenvalue weighted by atomic mass is 10.0. The molecule has 0 saturated carbocycles. The lowest BCUT2D eigenvalue weighted by molar-refractivity contribution is -0.136. The van der Waals surface area contributed by atoms with Gasteiger partial charge in [-0.2, -0.15) is 0 Å². The van der Waals surface area contributed by atoms with Crippen molar-refractivity contribution in [3.8, 4) is 22.6 Å². The first-order valence-corrected chi connectivity index (χ1v) is 19.4. The third-order valence-corrected chi connectivity index (χ3v) is 10.4. The third kappa shape index (κ3) is 7.75. The van der Waals surface area contributed by atoms with Gasteiger partial charge in [0.15, 0.2) is 0 Å². The van der Waals surface area contributed by atoms with E-state index >= 15 is 0 Å². The SMILES string of the molecule is Cn1cc(-c2ccccc2Oc2ccccc2)c2cc(C(=O)NCc3ccc(C(=O)NCCCNc4cccc5c4C(=O)N(C4CCC(=O)NC4=O)C5=O)cc3)[nH]c2c1=O. The van der Waals surface area contributed by atoms with Crippen LogP contribution in [0.15, 0.2) is 114 Å². The smallest absolute Gasteiger partial charge is 0.274 e. The molecule has 2 aliphatic rings. The number of nitrogens with one attached hydrogen (secondary N) is 5. The molecular weight excluding hydrogens is 767 g/mol. The van der Waals surface area contributed by atoms with Crippen LogP contribution in [-0.4, -0.2) is 69.0 Å². The summed E-state index contributed by atoms with van der Waals surface area (Å²) in [5.41, 5.74) is 3.64. The van der Waals surface area contributed by atoms with Gasteiger partial charge >= 0.3 is 0 Å². The van der Waals surface area contributed by atoms with E-state index in [4.69, 9.17) is 4.74 Å². The Morgan fingerprint density at radius 3 is 2.32 bits per heavy atom. The molecule has 2 aliphatic heterocycles. The first-order valence-electron chi connectivity index (χ1n) is 19.4. The number of carbonyl (C=O) groups excluding carboxylic acids is 6. The highest BCUT2D eigenvalue weighted by molar-refractivity contribution is 6.25. The topological polar surface area (TPSA) is 201 Å². The monoisotopic (exact) mass is 805 g/mol. The highest BCUT2D eigenvalue weighted by Gasteiger charge is 2.45. The standard InChI is InChI=1S/C45H39N7O8/c1-51-25-32(29-11-5-6-14-36(29)60-28-9-3-2-4-10-28)31-23-34(49-39(31)45(51)59)41(55)48-24-26-15-17-27(18-16-26)40(54)47-22-8-21-46-33-13-7-12-30-38(33)44(58)52(43(30)57)35-19-20-37(53)50-42(35)56/h2-7,9-18,23,25,35,46,49H,8,19-22,24H2,1H3,(H,47,54)(H,48,55)(H,50,53,56). The minimum atomic E-state index is -1.06. The number of piperidine rings is 1. The average Bonchev–Trinajstić information content (AvgIpc) is 3.81.